The van der Waals surface area contributed by atoms with Gasteiger partial charge in [0.2, 0.25) is 0 Å². The summed E-state index contributed by atoms with van der Waals surface area (Å²) in [5.41, 5.74) is 1.69. The quantitative estimate of drug-likeness (QED) is 0.849. The van der Waals surface area contributed by atoms with Crippen molar-refractivity contribution in [2.45, 2.75) is 19.8 Å². The van der Waals surface area contributed by atoms with E-state index in [0.717, 1.165) is 12.1 Å². The minimum absolute atomic E-state index is 0.313. The molecule has 0 unspecified atom stereocenters. The summed E-state index contributed by atoms with van der Waals surface area (Å²) in [6.07, 6.45) is 1.55. The first-order valence-corrected chi connectivity index (χ1v) is 6.80. The van der Waals surface area contributed by atoms with Crippen molar-refractivity contribution in [3.8, 4) is 23.3 Å². The second-order valence-electron chi connectivity index (χ2n) is 4.32. The van der Waals surface area contributed by atoms with Gasteiger partial charge in [0.25, 0.3) is 0 Å². The van der Waals surface area contributed by atoms with Crippen molar-refractivity contribution < 1.29 is 9.47 Å². The smallest absolute Gasteiger partial charge is 0.186 e. The molecule has 1 aromatic carbocycles. The molecule has 21 heavy (non-hydrogen) atoms. The summed E-state index contributed by atoms with van der Waals surface area (Å²) in [5.74, 6) is 1.04. The number of methoxy groups -OCH3 is 2. The Morgan fingerprint density at radius 2 is 2.00 bits per heavy atom. The van der Waals surface area contributed by atoms with Gasteiger partial charge in [-0.3, -0.25) is 0 Å². The molecule has 110 valence electrons. The molecule has 1 aromatic heterocycles. The Morgan fingerprint density at radius 3 is 2.57 bits per heavy atom. The van der Waals surface area contributed by atoms with Crippen LogP contribution in [0.4, 0.5) is 0 Å². The molecule has 0 saturated heterocycles. The molecule has 0 N–H and O–H groups in total. The lowest BCUT2D eigenvalue weighted by molar-refractivity contribution is 0.400. The molecule has 7 heteroatoms. The predicted octanol–water partition coefficient (Wildman–Crippen LogP) is 2.76. The number of rotatable bonds is 5. The molecule has 0 fully saturated rings. The zero-order valence-corrected chi connectivity index (χ0v) is 12.8. The monoisotopic (exact) mass is 306 g/mol. The topological polar surface area (TPSA) is 73.0 Å². The van der Waals surface area contributed by atoms with E-state index < -0.39 is 0 Å². The van der Waals surface area contributed by atoms with E-state index in [2.05, 4.69) is 16.4 Å². The van der Waals surface area contributed by atoms with Crippen molar-refractivity contribution >= 4 is 11.6 Å². The Morgan fingerprint density at radius 1 is 1.29 bits per heavy atom. The molecule has 0 aliphatic heterocycles. The molecule has 0 radical (unpaired) electrons. The Labute approximate surface area is 127 Å². The summed E-state index contributed by atoms with van der Waals surface area (Å²) in [6.45, 7) is 2.03. The Balaban J connectivity index is 2.66. The molecule has 0 saturated carbocycles. The summed E-state index contributed by atoms with van der Waals surface area (Å²) in [6, 6.07) is 5.43. The van der Waals surface area contributed by atoms with Crippen molar-refractivity contribution in [1.82, 2.24) is 15.0 Å². The maximum absolute atomic E-state index is 9.13. The molecular formula is C14H15ClN4O2. The van der Waals surface area contributed by atoms with Crippen LogP contribution in [0.2, 0.25) is 5.02 Å². The van der Waals surface area contributed by atoms with Gasteiger partial charge < -0.3 is 9.47 Å². The van der Waals surface area contributed by atoms with Gasteiger partial charge in [-0.15, -0.1) is 5.10 Å². The van der Waals surface area contributed by atoms with Crippen LogP contribution in [0.25, 0.3) is 5.69 Å². The van der Waals surface area contributed by atoms with Gasteiger partial charge in [0, 0.05) is 12.1 Å². The standard InChI is InChI=1S/C14H15ClN4O2/c1-4-5-11-10(8-16)17-18-19(11)12-7-13(20-2)9(15)6-14(12)21-3/h6-7H,4-5H2,1-3H3. The lowest BCUT2D eigenvalue weighted by atomic mass is 10.2. The van der Waals surface area contributed by atoms with E-state index in [-0.39, 0.29) is 0 Å². The molecule has 2 rings (SSSR count). The summed E-state index contributed by atoms with van der Waals surface area (Å²) in [5, 5.41) is 17.5. The summed E-state index contributed by atoms with van der Waals surface area (Å²) in [7, 11) is 3.08. The van der Waals surface area contributed by atoms with Crippen LogP contribution in [0, 0.1) is 11.3 Å². The number of hydrogen-bond acceptors (Lipinski definition) is 5. The zero-order valence-electron chi connectivity index (χ0n) is 12.1. The van der Waals surface area contributed by atoms with Gasteiger partial charge >= 0.3 is 0 Å². The number of hydrogen-bond donors (Lipinski definition) is 0. The highest BCUT2D eigenvalue weighted by Crippen LogP contribution is 2.35. The summed E-state index contributed by atoms with van der Waals surface area (Å²) >= 11 is 6.10. The Hall–Kier alpha value is -2.26. The zero-order chi connectivity index (χ0) is 15.4. The molecule has 0 bridgehead atoms. The van der Waals surface area contributed by atoms with Crippen LogP contribution in [-0.4, -0.2) is 29.2 Å². The molecule has 0 spiro atoms. The van der Waals surface area contributed by atoms with Gasteiger partial charge in [-0.2, -0.15) is 5.26 Å². The Kier molecular flexibility index (Phi) is 4.66. The molecule has 0 amide bonds. The molecular weight excluding hydrogens is 292 g/mol. The van der Waals surface area contributed by atoms with E-state index in [1.165, 1.54) is 7.11 Å². The third kappa shape index (κ3) is 2.78. The maximum Gasteiger partial charge on any atom is 0.186 e. The average molecular weight is 307 g/mol. The number of aromatic nitrogens is 3. The van der Waals surface area contributed by atoms with Gasteiger partial charge in [0.05, 0.1) is 24.9 Å². The van der Waals surface area contributed by atoms with Crippen LogP contribution < -0.4 is 9.47 Å². The molecule has 1 heterocycles. The highest BCUT2D eigenvalue weighted by atomic mass is 35.5. The van der Waals surface area contributed by atoms with Gasteiger partial charge in [0.1, 0.15) is 23.3 Å². The Bertz CT molecular complexity index is 691. The predicted molar refractivity (Wildman–Crippen MR) is 78.2 cm³/mol. The molecule has 2 aromatic rings. The minimum Gasteiger partial charge on any atom is -0.495 e. The van der Waals surface area contributed by atoms with E-state index in [4.69, 9.17) is 26.3 Å². The third-order valence-corrected chi connectivity index (χ3v) is 3.33. The lowest BCUT2D eigenvalue weighted by Gasteiger charge is -2.13. The molecule has 0 aliphatic carbocycles. The van der Waals surface area contributed by atoms with Crippen LogP contribution in [0.5, 0.6) is 11.5 Å². The number of nitrogens with zero attached hydrogens (tertiary/aromatic N) is 4. The van der Waals surface area contributed by atoms with E-state index in [9.17, 15) is 0 Å². The number of halogens is 1. The first kappa shape index (κ1) is 15.1. The van der Waals surface area contributed by atoms with Crippen molar-refractivity contribution in [2.75, 3.05) is 14.2 Å². The fraction of sp³-hybridized carbons (Fsp3) is 0.357. The fourth-order valence-corrected chi connectivity index (χ4v) is 2.28. The van der Waals surface area contributed by atoms with Gasteiger partial charge in [0.15, 0.2) is 5.69 Å². The number of benzene rings is 1. The largest absolute Gasteiger partial charge is 0.495 e. The third-order valence-electron chi connectivity index (χ3n) is 3.04. The van der Waals surface area contributed by atoms with Crippen LogP contribution >= 0.6 is 11.6 Å². The second kappa shape index (κ2) is 6.46. The van der Waals surface area contributed by atoms with Gasteiger partial charge in [-0.05, 0) is 6.42 Å². The van der Waals surface area contributed by atoms with E-state index in [1.807, 2.05) is 6.92 Å². The van der Waals surface area contributed by atoms with Crippen molar-refractivity contribution in [1.29, 1.82) is 5.26 Å². The van der Waals surface area contributed by atoms with Crippen molar-refractivity contribution in [3.05, 3.63) is 28.5 Å². The normalized spacial score (nSPS) is 10.2. The van der Waals surface area contributed by atoms with Crippen LogP contribution in [0.15, 0.2) is 12.1 Å². The highest BCUT2D eigenvalue weighted by Gasteiger charge is 2.18. The van der Waals surface area contributed by atoms with Crippen LogP contribution in [0.3, 0.4) is 0 Å². The highest BCUT2D eigenvalue weighted by molar-refractivity contribution is 6.32. The molecule has 0 aliphatic rings. The first-order chi connectivity index (χ1) is 10.2. The fourth-order valence-electron chi connectivity index (χ4n) is 2.05. The SMILES string of the molecule is CCCc1c(C#N)nnn1-c1cc(OC)c(Cl)cc1OC. The van der Waals surface area contributed by atoms with Crippen LogP contribution in [0.1, 0.15) is 24.7 Å². The molecule has 0 atom stereocenters. The minimum atomic E-state index is 0.313. The average Bonchev–Trinajstić information content (AvgIpc) is 2.90. The second-order valence-corrected chi connectivity index (χ2v) is 4.72. The van der Waals surface area contributed by atoms with E-state index >= 15 is 0 Å². The number of ether oxygens (including phenoxy) is 2. The van der Waals surface area contributed by atoms with E-state index in [1.54, 1.807) is 23.9 Å². The maximum atomic E-state index is 9.13. The number of nitriles is 1. The van der Waals surface area contributed by atoms with Gasteiger partial charge in [-0.1, -0.05) is 30.2 Å². The molecule has 6 nitrogen and oxygen atoms in total. The van der Waals surface area contributed by atoms with Crippen molar-refractivity contribution in [2.24, 2.45) is 0 Å². The van der Waals surface area contributed by atoms with Gasteiger partial charge in [-0.25, -0.2) is 4.68 Å². The van der Waals surface area contributed by atoms with Crippen LogP contribution in [-0.2, 0) is 6.42 Å². The first-order valence-electron chi connectivity index (χ1n) is 6.42. The van der Waals surface area contributed by atoms with Crippen molar-refractivity contribution in [3.63, 3.8) is 0 Å². The summed E-state index contributed by atoms with van der Waals surface area (Å²) in [4.78, 5) is 0. The van der Waals surface area contributed by atoms with E-state index in [0.29, 0.717) is 34.3 Å². The summed E-state index contributed by atoms with van der Waals surface area (Å²) < 4.78 is 12.2. The lowest BCUT2D eigenvalue weighted by Crippen LogP contribution is -2.06.